The molecule has 1 fully saturated rings. The largest absolute Gasteiger partial charge is 0.480 e. The van der Waals surface area contributed by atoms with Gasteiger partial charge in [0.1, 0.15) is 6.04 Å². The maximum atomic E-state index is 9.65. The number of pyridine rings is 1. The molecular formula is C13H21N3O3. The molecule has 2 rings (SSSR count). The van der Waals surface area contributed by atoms with Crippen molar-refractivity contribution < 1.29 is 15.0 Å². The van der Waals surface area contributed by atoms with E-state index in [0.717, 1.165) is 0 Å². The standard InChI is InChI=1S/C10H14N2.C3H7NO3/c1-12-7-3-5-10(12)9-4-2-6-11-8-9;4-2(1-5)3(6)7/h2,4,6,8,10H,3,5,7H2,1H3;2,5H,1,4H2,(H,6,7). The molecule has 0 amide bonds. The molecule has 0 aromatic carbocycles. The van der Waals surface area contributed by atoms with Gasteiger partial charge in [-0.15, -0.1) is 0 Å². The molecule has 0 aliphatic carbocycles. The van der Waals surface area contributed by atoms with Gasteiger partial charge in [0.2, 0.25) is 0 Å². The first-order valence-corrected chi connectivity index (χ1v) is 6.25. The van der Waals surface area contributed by atoms with Gasteiger partial charge in [-0.05, 0) is 38.1 Å². The lowest BCUT2D eigenvalue weighted by atomic mass is 10.1. The van der Waals surface area contributed by atoms with Gasteiger partial charge in [-0.2, -0.15) is 0 Å². The van der Waals surface area contributed by atoms with Gasteiger partial charge in [0.15, 0.2) is 0 Å². The third-order valence-electron chi connectivity index (χ3n) is 3.10. The molecule has 1 aromatic rings. The maximum absolute atomic E-state index is 9.65. The Morgan fingerprint density at radius 1 is 1.68 bits per heavy atom. The molecule has 1 aliphatic rings. The lowest BCUT2D eigenvalue weighted by Crippen LogP contribution is -2.33. The molecule has 2 atom stereocenters. The minimum Gasteiger partial charge on any atom is -0.480 e. The Bertz CT molecular complexity index is 386. The smallest absolute Gasteiger partial charge is 0.322 e. The summed E-state index contributed by atoms with van der Waals surface area (Å²) in [5.74, 6) is -1.18. The van der Waals surface area contributed by atoms with E-state index in [-0.39, 0.29) is 0 Å². The van der Waals surface area contributed by atoms with E-state index in [1.54, 1.807) is 0 Å². The third-order valence-corrected chi connectivity index (χ3v) is 3.10. The van der Waals surface area contributed by atoms with Gasteiger partial charge in [-0.3, -0.25) is 14.7 Å². The number of hydrogen-bond donors (Lipinski definition) is 3. The van der Waals surface area contributed by atoms with E-state index in [1.165, 1.54) is 24.9 Å². The monoisotopic (exact) mass is 267 g/mol. The van der Waals surface area contributed by atoms with Crippen LogP contribution in [-0.2, 0) is 4.79 Å². The van der Waals surface area contributed by atoms with Crippen LogP contribution in [0.1, 0.15) is 24.4 Å². The highest BCUT2D eigenvalue weighted by Crippen LogP contribution is 2.29. The fourth-order valence-electron chi connectivity index (χ4n) is 1.98. The van der Waals surface area contributed by atoms with Gasteiger partial charge < -0.3 is 15.9 Å². The van der Waals surface area contributed by atoms with Crippen LogP contribution in [0.4, 0.5) is 0 Å². The molecule has 1 saturated heterocycles. The fourth-order valence-corrected chi connectivity index (χ4v) is 1.98. The summed E-state index contributed by atoms with van der Waals surface area (Å²) in [7, 11) is 2.19. The van der Waals surface area contributed by atoms with Crippen molar-refractivity contribution in [3.05, 3.63) is 30.1 Å². The van der Waals surface area contributed by atoms with Crippen LogP contribution in [0.15, 0.2) is 24.5 Å². The summed E-state index contributed by atoms with van der Waals surface area (Å²) in [5, 5.41) is 15.9. The normalized spacial score (nSPS) is 20.5. The summed E-state index contributed by atoms with van der Waals surface area (Å²) in [5.41, 5.74) is 6.13. The number of hydrogen-bond acceptors (Lipinski definition) is 5. The third kappa shape index (κ3) is 4.94. The number of aliphatic hydroxyl groups excluding tert-OH is 1. The second-order valence-electron chi connectivity index (χ2n) is 4.55. The topological polar surface area (TPSA) is 99.7 Å². The first kappa shape index (κ1) is 15.6. The average molecular weight is 267 g/mol. The van der Waals surface area contributed by atoms with Crippen molar-refractivity contribution in [2.75, 3.05) is 20.2 Å². The SMILES string of the molecule is CN1CCCC1c1cccnc1.NC(CO)C(=O)O. The summed E-state index contributed by atoms with van der Waals surface area (Å²) in [6.45, 7) is 0.717. The predicted octanol–water partition coefficient (Wildman–Crippen LogP) is 0.239. The van der Waals surface area contributed by atoms with Crippen molar-refractivity contribution in [2.45, 2.75) is 24.9 Å². The Hall–Kier alpha value is -1.50. The molecule has 0 radical (unpaired) electrons. The van der Waals surface area contributed by atoms with Crippen LogP contribution < -0.4 is 5.73 Å². The van der Waals surface area contributed by atoms with Gasteiger partial charge in [0.05, 0.1) is 6.61 Å². The molecule has 6 heteroatoms. The average Bonchev–Trinajstić information content (AvgIpc) is 2.85. The predicted molar refractivity (Wildman–Crippen MR) is 71.5 cm³/mol. The van der Waals surface area contributed by atoms with Crippen molar-refractivity contribution in [3.8, 4) is 0 Å². The molecule has 4 N–H and O–H groups in total. The molecule has 19 heavy (non-hydrogen) atoms. The minimum atomic E-state index is -1.18. The van der Waals surface area contributed by atoms with Crippen molar-refractivity contribution >= 4 is 5.97 Å². The fraction of sp³-hybridized carbons (Fsp3) is 0.538. The highest BCUT2D eigenvalue weighted by molar-refractivity contribution is 5.73. The summed E-state index contributed by atoms with van der Waals surface area (Å²) in [4.78, 5) is 16.2. The van der Waals surface area contributed by atoms with E-state index < -0.39 is 18.6 Å². The number of nitrogens with two attached hydrogens (primary N) is 1. The van der Waals surface area contributed by atoms with Crippen LogP contribution in [0, 0.1) is 0 Å². The molecule has 1 aromatic heterocycles. The molecule has 0 saturated carbocycles. The molecule has 6 nitrogen and oxygen atoms in total. The van der Waals surface area contributed by atoms with Crippen LogP contribution in [0.5, 0.6) is 0 Å². The van der Waals surface area contributed by atoms with Gasteiger partial charge in [0.25, 0.3) is 0 Å². The van der Waals surface area contributed by atoms with E-state index in [9.17, 15) is 4.79 Å². The number of carbonyl (C=O) groups is 1. The van der Waals surface area contributed by atoms with Crippen LogP contribution in [0.3, 0.4) is 0 Å². The number of likely N-dealkylation sites (tertiary alicyclic amines) is 1. The zero-order valence-electron chi connectivity index (χ0n) is 11.1. The van der Waals surface area contributed by atoms with Crippen LogP contribution in [0.25, 0.3) is 0 Å². The van der Waals surface area contributed by atoms with Crippen LogP contribution in [0.2, 0.25) is 0 Å². The van der Waals surface area contributed by atoms with Gasteiger partial charge in [0, 0.05) is 18.4 Å². The Kier molecular flexibility index (Phi) is 6.41. The van der Waals surface area contributed by atoms with E-state index in [2.05, 4.69) is 23.0 Å². The first-order chi connectivity index (χ1) is 9.06. The number of carboxylic acids is 1. The Balaban J connectivity index is 0.000000224. The van der Waals surface area contributed by atoms with E-state index in [4.69, 9.17) is 15.9 Å². The molecular weight excluding hydrogens is 246 g/mol. The van der Waals surface area contributed by atoms with Crippen LogP contribution >= 0.6 is 0 Å². The number of rotatable bonds is 3. The Morgan fingerprint density at radius 3 is 2.79 bits per heavy atom. The number of aliphatic carboxylic acids is 1. The van der Waals surface area contributed by atoms with E-state index in [1.807, 2.05) is 18.5 Å². The molecule has 106 valence electrons. The Labute approximate surface area is 112 Å². The molecule has 0 bridgehead atoms. The molecule has 2 unspecified atom stereocenters. The number of aromatic nitrogens is 1. The van der Waals surface area contributed by atoms with Crippen LogP contribution in [-0.4, -0.2) is 52.3 Å². The first-order valence-electron chi connectivity index (χ1n) is 6.25. The zero-order valence-corrected chi connectivity index (χ0v) is 11.1. The lowest BCUT2D eigenvalue weighted by molar-refractivity contribution is -0.139. The second-order valence-corrected chi connectivity index (χ2v) is 4.55. The van der Waals surface area contributed by atoms with Crippen molar-refractivity contribution in [2.24, 2.45) is 5.73 Å². The van der Waals surface area contributed by atoms with E-state index in [0.29, 0.717) is 6.04 Å². The lowest BCUT2D eigenvalue weighted by Gasteiger charge is -2.18. The van der Waals surface area contributed by atoms with E-state index >= 15 is 0 Å². The number of aliphatic hydroxyl groups is 1. The molecule has 0 spiro atoms. The van der Waals surface area contributed by atoms with Gasteiger partial charge in [-0.25, -0.2) is 0 Å². The highest BCUT2D eigenvalue weighted by atomic mass is 16.4. The zero-order chi connectivity index (χ0) is 14.3. The summed E-state index contributed by atoms with van der Waals surface area (Å²) >= 11 is 0. The van der Waals surface area contributed by atoms with Crippen molar-refractivity contribution in [3.63, 3.8) is 0 Å². The second kappa shape index (κ2) is 7.83. The quantitative estimate of drug-likeness (QED) is 0.725. The number of nitrogens with zero attached hydrogens (tertiary/aromatic N) is 2. The van der Waals surface area contributed by atoms with Crippen molar-refractivity contribution in [1.29, 1.82) is 0 Å². The molecule has 1 aliphatic heterocycles. The highest BCUT2D eigenvalue weighted by Gasteiger charge is 2.21. The van der Waals surface area contributed by atoms with Gasteiger partial charge in [-0.1, -0.05) is 6.07 Å². The summed E-state index contributed by atoms with van der Waals surface area (Å²) < 4.78 is 0. The maximum Gasteiger partial charge on any atom is 0.322 e. The molecule has 2 heterocycles. The summed E-state index contributed by atoms with van der Waals surface area (Å²) in [6.07, 6.45) is 6.41. The summed E-state index contributed by atoms with van der Waals surface area (Å²) in [6, 6.07) is 3.67. The number of carboxylic acid groups (broad SMARTS) is 1. The Morgan fingerprint density at radius 2 is 2.42 bits per heavy atom. The van der Waals surface area contributed by atoms with Gasteiger partial charge >= 0.3 is 5.97 Å². The minimum absolute atomic E-state index is 0.505. The van der Waals surface area contributed by atoms with Crippen molar-refractivity contribution in [1.82, 2.24) is 9.88 Å².